The first-order valence-corrected chi connectivity index (χ1v) is 8.55. The molecule has 0 radical (unpaired) electrons. The average molecular weight is 363 g/mol. The highest BCUT2D eigenvalue weighted by Crippen LogP contribution is 2.29. The van der Waals surface area contributed by atoms with Gasteiger partial charge >= 0.3 is 0 Å². The van der Waals surface area contributed by atoms with Crippen LogP contribution in [-0.2, 0) is 6.61 Å². The molecule has 0 aliphatic heterocycles. The largest absolute Gasteiger partial charge is 0.493 e. The summed E-state index contributed by atoms with van der Waals surface area (Å²) in [6.07, 6.45) is 1.75. The van der Waals surface area contributed by atoms with Crippen LogP contribution in [-0.4, -0.2) is 26.1 Å². The van der Waals surface area contributed by atoms with Gasteiger partial charge in [-0.3, -0.25) is 4.79 Å². The van der Waals surface area contributed by atoms with Crippen LogP contribution in [0.4, 0.5) is 0 Å². The van der Waals surface area contributed by atoms with Crippen LogP contribution in [0.3, 0.4) is 0 Å². The number of rotatable bonds is 9. The van der Waals surface area contributed by atoms with Crippen LogP contribution >= 0.6 is 11.6 Å². The van der Waals surface area contributed by atoms with Crippen LogP contribution in [0.2, 0.25) is 5.02 Å². The lowest BCUT2D eigenvalue weighted by molar-refractivity contribution is 0.0952. The Hall–Kier alpha value is -2.24. The number of unbranched alkanes of at least 4 members (excludes halogenated alkanes) is 1. The van der Waals surface area contributed by atoms with Gasteiger partial charge in [-0.05, 0) is 55.3 Å². The molecular formula is C19H23ClN2O3. The highest BCUT2D eigenvalue weighted by molar-refractivity contribution is 6.30. The molecule has 2 rings (SSSR count). The molecule has 0 aliphatic carbocycles. The fraction of sp³-hybridized carbons (Fsp3) is 0.316. The third-order valence-corrected chi connectivity index (χ3v) is 3.90. The van der Waals surface area contributed by atoms with E-state index in [0.717, 1.165) is 18.4 Å². The van der Waals surface area contributed by atoms with Crippen molar-refractivity contribution in [2.24, 2.45) is 5.73 Å². The van der Waals surface area contributed by atoms with Crippen LogP contribution < -0.4 is 20.5 Å². The summed E-state index contributed by atoms with van der Waals surface area (Å²) in [6.45, 7) is 1.62. The third-order valence-electron chi connectivity index (χ3n) is 3.65. The van der Waals surface area contributed by atoms with Gasteiger partial charge in [-0.2, -0.15) is 0 Å². The summed E-state index contributed by atoms with van der Waals surface area (Å²) in [4.78, 5) is 12.1. The molecular weight excluding hydrogens is 340 g/mol. The van der Waals surface area contributed by atoms with Gasteiger partial charge in [0.25, 0.3) is 5.91 Å². The van der Waals surface area contributed by atoms with Gasteiger partial charge in [0.05, 0.1) is 7.11 Å². The van der Waals surface area contributed by atoms with Gasteiger partial charge in [0.15, 0.2) is 11.5 Å². The Morgan fingerprint density at radius 1 is 1.12 bits per heavy atom. The van der Waals surface area contributed by atoms with Crippen molar-refractivity contribution in [1.29, 1.82) is 0 Å². The zero-order valence-electron chi connectivity index (χ0n) is 14.3. The lowest BCUT2D eigenvalue weighted by atomic mass is 10.2. The maximum Gasteiger partial charge on any atom is 0.251 e. The minimum absolute atomic E-state index is 0.139. The zero-order valence-corrected chi connectivity index (χ0v) is 15.0. The molecule has 6 heteroatoms. The van der Waals surface area contributed by atoms with Crippen molar-refractivity contribution in [2.45, 2.75) is 19.4 Å². The van der Waals surface area contributed by atoms with Crippen molar-refractivity contribution < 1.29 is 14.3 Å². The first kappa shape index (κ1) is 19.1. The molecule has 0 spiro atoms. The lowest BCUT2D eigenvalue weighted by Gasteiger charge is -2.12. The summed E-state index contributed by atoms with van der Waals surface area (Å²) < 4.78 is 11.1. The lowest BCUT2D eigenvalue weighted by Crippen LogP contribution is -2.24. The van der Waals surface area contributed by atoms with E-state index in [1.165, 1.54) is 0 Å². The fourth-order valence-corrected chi connectivity index (χ4v) is 2.37. The van der Waals surface area contributed by atoms with Gasteiger partial charge in [-0.25, -0.2) is 0 Å². The monoisotopic (exact) mass is 362 g/mol. The van der Waals surface area contributed by atoms with Crippen molar-refractivity contribution in [3.05, 3.63) is 58.6 Å². The number of amides is 1. The predicted molar refractivity (Wildman–Crippen MR) is 99.4 cm³/mol. The first-order valence-electron chi connectivity index (χ1n) is 8.17. The van der Waals surface area contributed by atoms with E-state index in [9.17, 15) is 4.79 Å². The van der Waals surface area contributed by atoms with Gasteiger partial charge in [-0.15, -0.1) is 0 Å². The molecule has 2 aromatic rings. The Morgan fingerprint density at radius 2 is 1.88 bits per heavy atom. The molecule has 0 saturated carbocycles. The Kier molecular flexibility index (Phi) is 7.57. The second kappa shape index (κ2) is 9.91. The van der Waals surface area contributed by atoms with Crippen LogP contribution in [0.25, 0.3) is 0 Å². The van der Waals surface area contributed by atoms with E-state index in [1.54, 1.807) is 25.3 Å². The molecule has 0 bridgehead atoms. The molecule has 0 unspecified atom stereocenters. The maximum atomic E-state index is 12.1. The van der Waals surface area contributed by atoms with Gasteiger partial charge in [0.1, 0.15) is 6.61 Å². The molecule has 0 heterocycles. The topological polar surface area (TPSA) is 73.6 Å². The predicted octanol–water partition coefficient (Wildman–Crippen LogP) is 3.40. The summed E-state index contributed by atoms with van der Waals surface area (Å²) in [5, 5.41) is 3.55. The molecule has 5 nitrogen and oxygen atoms in total. The van der Waals surface area contributed by atoms with Crippen molar-refractivity contribution in [2.75, 3.05) is 20.2 Å². The van der Waals surface area contributed by atoms with Gasteiger partial charge in [-0.1, -0.05) is 23.7 Å². The SMILES string of the molecule is COc1cc(C(=O)NCCCCN)ccc1OCc1ccc(Cl)cc1. The molecule has 0 aromatic heterocycles. The zero-order chi connectivity index (χ0) is 18.1. The van der Waals surface area contributed by atoms with Crippen LogP contribution in [0, 0.1) is 0 Å². The number of hydrogen-bond acceptors (Lipinski definition) is 4. The molecule has 25 heavy (non-hydrogen) atoms. The molecule has 1 amide bonds. The number of halogens is 1. The number of methoxy groups -OCH3 is 1. The Balaban J connectivity index is 1.98. The van der Waals surface area contributed by atoms with Crippen molar-refractivity contribution >= 4 is 17.5 Å². The van der Waals surface area contributed by atoms with Crippen LogP contribution in [0.5, 0.6) is 11.5 Å². The minimum atomic E-state index is -0.139. The van der Waals surface area contributed by atoms with Gasteiger partial charge in [0.2, 0.25) is 0 Å². The van der Waals surface area contributed by atoms with Crippen molar-refractivity contribution in [3.8, 4) is 11.5 Å². The first-order chi connectivity index (χ1) is 12.1. The van der Waals surface area contributed by atoms with E-state index in [1.807, 2.05) is 24.3 Å². The molecule has 0 atom stereocenters. The maximum absolute atomic E-state index is 12.1. The van der Waals surface area contributed by atoms with Gasteiger partial charge in [0, 0.05) is 17.1 Å². The summed E-state index contributed by atoms with van der Waals surface area (Å²) in [5.41, 5.74) is 6.96. The number of hydrogen-bond donors (Lipinski definition) is 2. The third kappa shape index (κ3) is 5.96. The van der Waals surface area contributed by atoms with E-state index >= 15 is 0 Å². The number of carbonyl (C=O) groups excluding carboxylic acids is 1. The molecule has 134 valence electrons. The molecule has 3 N–H and O–H groups in total. The normalized spacial score (nSPS) is 10.4. The van der Waals surface area contributed by atoms with Crippen molar-refractivity contribution in [3.63, 3.8) is 0 Å². The van der Waals surface area contributed by atoms with Crippen LogP contribution in [0.15, 0.2) is 42.5 Å². The van der Waals surface area contributed by atoms with Gasteiger partial charge < -0.3 is 20.5 Å². The average Bonchev–Trinajstić information content (AvgIpc) is 2.64. The second-order valence-electron chi connectivity index (χ2n) is 5.53. The number of ether oxygens (including phenoxy) is 2. The molecule has 0 saturated heterocycles. The number of nitrogens with one attached hydrogen (secondary N) is 1. The number of nitrogens with two attached hydrogens (primary N) is 1. The summed E-state index contributed by atoms with van der Waals surface area (Å²) >= 11 is 5.87. The number of benzene rings is 2. The Morgan fingerprint density at radius 3 is 2.56 bits per heavy atom. The van der Waals surface area contributed by atoms with E-state index in [2.05, 4.69) is 5.32 Å². The fourth-order valence-electron chi connectivity index (χ4n) is 2.24. The van der Waals surface area contributed by atoms with E-state index in [0.29, 0.717) is 41.8 Å². The Labute approximate surface area is 153 Å². The number of carbonyl (C=O) groups is 1. The highest BCUT2D eigenvalue weighted by Gasteiger charge is 2.11. The Bertz CT molecular complexity index is 690. The van der Waals surface area contributed by atoms with E-state index in [-0.39, 0.29) is 5.91 Å². The summed E-state index contributed by atoms with van der Waals surface area (Å²) in [5.74, 6) is 0.959. The smallest absolute Gasteiger partial charge is 0.251 e. The van der Waals surface area contributed by atoms with E-state index in [4.69, 9.17) is 26.8 Å². The second-order valence-corrected chi connectivity index (χ2v) is 5.97. The summed E-state index contributed by atoms with van der Waals surface area (Å²) in [6, 6.07) is 12.6. The minimum Gasteiger partial charge on any atom is -0.493 e. The quantitative estimate of drug-likeness (QED) is 0.670. The standard InChI is InChI=1S/C19H23ClN2O3/c1-24-18-12-15(19(23)22-11-3-2-10-21)6-9-17(18)25-13-14-4-7-16(20)8-5-14/h4-9,12H,2-3,10-11,13,21H2,1H3,(H,22,23). The highest BCUT2D eigenvalue weighted by atomic mass is 35.5. The molecule has 0 fully saturated rings. The molecule has 0 aliphatic rings. The van der Waals surface area contributed by atoms with E-state index < -0.39 is 0 Å². The van der Waals surface area contributed by atoms with Crippen LogP contribution in [0.1, 0.15) is 28.8 Å². The summed E-state index contributed by atoms with van der Waals surface area (Å²) in [7, 11) is 1.55. The molecule has 2 aromatic carbocycles. The van der Waals surface area contributed by atoms with Crippen molar-refractivity contribution in [1.82, 2.24) is 5.32 Å².